The monoisotopic (exact) mass is 310 g/mol. The van der Waals surface area contributed by atoms with E-state index in [9.17, 15) is 4.79 Å². The van der Waals surface area contributed by atoms with Crippen molar-refractivity contribution in [1.82, 2.24) is 5.43 Å². The number of fused-ring (bicyclic) bond motifs is 1. The zero-order valence-electron chi connectivity index (χ0n) is 11.5. The van der Waals surface area contributed by atoms with Crippen LogP contribution in [0.4, 0.5) is 4.79 Å². The number of rotatable bonds is 3. The van der Waals surface area contributed by atoms with Crippen molar-refractivity contribution in [3.05, 3.63) is 33.7 Å². The largest absolute Gasteiger partial charge is 0.449 e. The summed E-state index contributed by atoms with van der Waals surface area (Å²) in [5.41, 5.74) is 4.23. The van der Waals surface area contributed by atoms with Crippen LogP contribution in [0.2, 0.25) is 5.02 Å². The third-order valence-corrected chi connectivity index (χ3v) is 4.43. The number of hydrogen-bond acceptors (Lipinski definition) is 4. The van der Waals surface area contributed by atoms with Crippen LogP contribution in [0.25, 0.3) is 10.1 Å². The second kappa shape index (κ2) is 6.24. The summed E-state index contributed by atoms with van der Waals surface area (Å²) < 4.78 is 5.91. The molecule has 0 saturated carbocycles. The summed E-state index contributed by atoms with van der Waals surface area (Å²) in [5, 5.41) is 5.89. The Hall–Kier alpha value is -1.59. The number of nitrogens with one attached hydrogen (secondary N) is 1. The lowest BCUT2D eigenvalue weighted by Gasteiger charge is -2.02. The molecule has 1 amide bonds. The molecule has 0 atom stereocenters. The van der Waals surface area contributed by atoms with Gasteiger partial charge in [-0.15, -0.1) is 11.3 Å². The second-order valence-corrected chi connectivity index (χ2v) is 5.71. The molecule has 0 unspecified atom stereocenters. The fourth-order valence-electron chi connectivity index (χ4n) is 1.88. The summed E-state index contributed by atoms with van der Waals surface area (Å²) in [7, 11) is 0. The Morgan fingerprint density at radius 1 is 1.50 bits per heavy atom. The SMILES string of the molecule is CCOC(=O)N/N=C(\C)c1sc2ccc(Cl)cc2c1C. The Balaban J connectivity index is 2.30. The number of hydrogen-bond donors (Lipinski definition) is 1. The number of carbonyl (C=O) groups is 1. The lowest BCUT2D eigenvalue weighted by molar-refractivity contribution is 0.152. The fourth-order valence-corrected chi connectivity index (χ4v) is 3.19. The van der Waals surface area contributed by atoms with Crippen LogP contribution >= 0.6 is 22.9 Å². The van der Waals surface area contributed by atoms with Gasteiger partial charge in [-0.05, 0) is 49.9 Å². The summed E-state index contributed by atoms with van der Waals surface area (Å²) in [6, 6.07) is 5.80. The summed E-state index contributed by atoms with van der Waals surface area (Å²) in [6.45, 7) is 5.94. The van der Waals surface area contributed by atoms with Crippen LogP contribution in [0.15, 0.2) is 23.3 Å². The van der Waals surface area contributed by atoms with Crippen molar-refractivity contribution in [2.24, 2.45) is 5.10 Å². The first-order chi connectivity index (χ1) is 9.52. The van der Waals surface area contributed by atoms with Crippen molar-refractivity contribution in [2.45, 2.75) is 20.8 Å². The Kier molecular flexibility index (Phi) is 4.62. The van der Waals surface area contributed by atoms with Gasteiger partial charge in [-0.2, -0.15) is 5.10 Å². The minimum atomic E-state index is -0.548. The average molecular weight is 311 g/mol. The molecule has 1 aromatic carbocycles. The molecule has 1 N–H and O–H groups in total. The van der Waals surface area contributed by atoms with Crippen molar-refractivity contribution in [3.63, 3.8) is 0 Å². The molecule has 0 aliphatic carbocycles. The maximum Gasteiger partial charge on any atom is 0.427 e. The molecule has 0 spiro atoms. The van der Waals surface area contributed by atoms with E-state index in [1.165, 1.54) is 0 Å². The zero-order chi connectivity index (χ0) is 14.7. The van der Waals surface area contributed by atoms with Gasteiger partial charge in [0.25, 0.3) is 0 Å². The molecule has 2 aromatic rings. The van der Waals surface area contributed by atoms with Gasteiger partial charge in [0.15, 0.2) is 0 Å². The molecule has 0 bridgehead atoms. The summed E-state index contributed by atoms with van der Waals surface area (Å²) in [5.74, 6) is 0. The first kappa shape index (κ1) is 14.8. The number of amides is 1. The van der Waals surface area contributed by atoms with Crippen molar-refractivity contribution in [1.29, 1.82) is 0 Å². The maximum absolute atomic E-state index is 11.2. The van der Waals surface area contributed by atoms with Crippen LogP contribution in [0, 0.1) is 6.92 Å². The number of halogens is 1. The first-order valence-electron chi connectivity index (χ1n) is 6.19. The molecule has 0 aliphatic heterocycles. The van der Waals surface area contributed by atoms with Gasteiger partial charge in [-0.3, -0.25) is 0 Å². The molecule has 20 heavy (non-hydrogen) atoms. The molecular formula is C14H15ClN2O2S. The van der Waals surface area contributed by atoms with Gasteiger partial charge in [0.2, 0.25) is 0 Å². The zero-order valence-corrected chi connectivity index (χ0v) is 13.1. The normalized spacial score (nSPS) is 11.7. The predicted octanol–water partition coefficient (Wildman–Crippen LogP) is 4.33. The minimum Gasteiger partial charge on any atom is -0.449 e. The van der Waals surface area contributed by atoms with Gasteiger partial charge in [0.1, 0.15) is 0 Å². The number of aryl methyl sites for hydroxylation is 1. The van der Waals surface area contributed by atoms with Gasteiger partial charge >= 0.3 is 6.09 Å². The number of hydrazone groups is 1. The Morgan fingerprint density at radius 3 is 2.95 bits per heavy atom. The second-order valence-electron chi connectivity index (χ2n) is 4.23. The van der Waals surface area contributed by atoms with E-state index in [2.05, 4.69) is 10.5 Å². The van der Waals surface area contributed by atoms with Gasteiger partial charge in [-0.1, -0.05) is 11.6 Å². The van der Waals surface area contributed by atoms with Crippen LogP contribution in [0.3, 0.4) is 0 Å². The van der Waals surface area contributed by atoms with Crippen LogP contribution in [0.1, 0.15) is 24.3 Å². The maximum atomic E-state index is 11.2. The van der Waals surface area contributed by atoms with Gasteiger partial charge in [0, 0.05) is 9.72 Å². The van der Waals surface area contributed by atoms with Crippen LogP contribution in [-0.4, -0.2) is 18.4 Å². The van der Waals surface area contributed by atoms with Crippen LogP contribution in [0.5, 0.6) is 0 Å². The molecule has 6 heteroatoms. The molecule has 2 rings (SSSR count). The van der Waals surface area contributed by atoms with E-state index in [4.69, 9.17) is 16.3 Å². The van der Waals surface area contributed by atoms with Crippen molar-refractivity contribution >= 4 is 44.8 Å². The van der Waals surface area contributed by atoms with Gasteiger partial charge < -0.3 is 4.74 Å². The van der Waals surface area contributed by atoms with Gasteiger partial charge in [-0.25, -0.2) is 10.2 Å². The van der Waals surface area contributed by atoms with Crippen LogP contribution < -0.4 is 5.43 Å². The highest BCUT2D eigenvalue weighted by Crippen LogP contribution is 2.32. The summed E-state index contributed by atoms with van der Waals surface area (Å²) in [4.78, 5) is 12.3. The van der Waals surface area contributed by atoms with E-state index >= 15 is 0 Å². The number of ether oxygens (including phenoxy) is 1. The predicted molar refractivity (Wildman–Crippen MR) is 83.9 cm³/mol. The lowest BCUT2D eigenvalue weighted by atomic mass is 10.1. The molecule has 1 heterocycles. The third-order valence-electron chi connectivity index (χ3n) is 2.82. The molecular weight excluding hydrogens is 296 g/mol. The van der Waals surface area contributed by atoms with E-state index in [-0.39, 0.29) is 0 Å². The van der Waals surface area contributed by atoms with Crippen LogP contribution in [-0.2, 0) is 4.74 Å². The lowest BCUT2D eigenvalue weighted by Crippen LogP contribution is -2.20. The van der Waals surface area contributed by atoms with E-state index in [1.807, 2.05) is 32.0 Å². The van der Waals surface area contributed by atoms with E-state index in [1.54, 1.807) is 18.3 Å². The smallest absolute Gasteiger partial charge is 0.427 e. The molecule has 0 fully saturated rings. The molecule has 1 aromatic heterocycles. The molecule has 4 nitrogen and oxygen atoms in total. The number of nitrogens with zero attached hydrogens (tertiary/aromatic N) is 1. The highest BCUT2D eigenvalue weighted by Gasteiger charge is 2.11. The first-order valence-corrected chi connectivity index (χ1v) is 7.38. The number of carbonyl (C=O) groups excluding carboxylic acids is 1. The quantitative estimate of drug-likeness (QED) is 0.677. The highest BCUT2D eigenvalue weighted by atomic mass is 35.5. The van der Waals surface area contributed by atoms with E-state index < -0.39 is 6.09 Å². The fraction of sp³-hybridized carbons (Fsp3) is 0.286. The Morgan fingerprint density at radius 2 is 2.25 bits per heavy atom. The Labute approximate surface area is 126 Å². The van der Waals surface area contributed by atoms with Crippen molar-refractivity contribution in [3.8, 4) is 0 Å². The standard InChI is InChI=1S/C14H15ClN2O2S/c1-4-19-14(18)17-16-9(3)13-8(2)11-7-10(15)5-6-12(11)20-13/h5-7H,4H2,1-3H3,(H,17,18)/b16-9+. The molecule has 0 aliphatic rings. The van der Waals surface area contributed by atoms with E-state index in [0.29, 0.717) is 11.6 Å². The Bertz CT molecular complexity index is 679. The van der Waals surface area contributed by atoms with Gasteiger partial charge in [0.05, 0.1) is 17.2 Å². The number of thiophene rings is 1. The topological polar surface area (TPSA) is 50.7 Å². The van der Waals surface area contributed by atoms with E-state index in [0.717, 1.165) is 26.2 Å². The average Bonchev–Trinajstić information content (AvgIpc) is 2.74. The highest BCUT2D eigenvalue weighted by molar-refractivity contribution is 7.21. The minimum absolute atomic E-state index is 0.320. The molecule has 0 saturated heterocycles. The molecule has 0 radical (unpaired) electrons. The summed E-state index contributed by atoms with van der Waals surface area (Å²) >= 11 is 7.64. The molecule has 106 valence electrons. The van der Waals surface area contributed by atoms with Crippen molar-refractivity contribution in [2.75, 3.05) is 6.61 Å². The van der Waals surface area contributed by atoms with Crippen molar-refractivity contribution < 1.29 is 9.53 Å². The number of benzene rings is 1. The third kappa shape index (κ3) is 3.11. The summed E-state index contributed by atoms with van der Waals surface area (Å²) in [6.07, 6.45) is -0.548.